The number of alkyl halides is 2. The van der Waals surface area contributed by atoms with Crippen LogP contribution in [0.4, 0.5) is 4.39 Å². The first-order chi connectivity index (χ1) is 6.77. The van der Waals surface area contributed by atoms with E-state index in [1.165, 1.54) is 0 Å². The van der Waals surface area contributed by atoms with E-state index in [1.54, 1.807) is 6.07 Å². The SMILES string of the molecule is FCOc1ccc(Br)cc1CCCCl. The van der Waals surface area contributed by atoms with E-state index in [1.807, 2.05) is 12.1 Å². The predicted octanol–water partition coefficient (Wildman–Crippen LogP) is 3.93. The second-order valence-electron chi connectivity index (χ2n) is 2.80. The van der Waals surface area contributed by atoms with Crippen LogP contribution >= 0.6 is 27.5 Å². The van der Waals surface area contributed by atoms with Crippen molar-refractivity contribution in [1.82, 2.24) is 0 Å². The Hall–Kier alpha value is -0.280. The lowest BCUT2D eigenvalue weighted by Gasteiger charge is -2.08. The van der Waals surface area contributed by atoms with Crippen LogP contribution in [-0.4, -0.2) is 12.7 Å². The molecule has 0 heterocycles. The van der Waals surface area contributed by atoms with Crippen LogP contribution in [0.3, 0.4) is 0 Å². The van der Waals surface area contributed by atoms with Gasteiger partial charge in [0.15, 0.2) is 0 Å². The van der Waals surface area contributed by atoms with Gasteiger partial charge in [0.05, 0.1) is 0 Å². The first kappa shape index (κ1) is 11.8. The Balaban J connectivity index is 2.79. The predicted molar refractivity (Wildman–Crippen MR) is 59.8 cm³/mol. The van der Waals surface area contributed by atoms with Crippen LogP contribution in [0.2, 0.25) is 0 Å². The molecule has 78 valence electrons. The highest BCUT2D eigenvalue weighted by Gasteiger charge is 2.04. The lowest BCUT2D eigenvalue weighted by molar-refractivity contribution is 0.190. The molecule has 0 atom stereocenters. The van der Waals surface area contributed by atoms with Gasteiger partial charge in [-0.15, -0.1) is 11.6 Å². The van der Waals surface area contributed by atoms with Crippen molar-refractivity contribution >= 4 is 27.5 Å². The van der Waals surface area contributed by atoms with E-state index < -0.39 is 6.86 Å². The molecule has 0 N–H and O–H groups in total. The Morgan fingerprint density at radius 2 is 2.21 bits per heavy atom. The summed E-state index contributed by atoms with van der Waals surface area (Å²) in [5, 5.41) is 0. The lowest BCUT2D eigenvalue weighted by Crippen LogP contribution is -1.96. The first-order valence-corrected chi connectivity index (χ1v) is 5.64. The van der Waals surface area contributed by atoms with E-state index in [4.69, 9.17) is 16.3 Å². The molecule has 0 unspecified atom stereocenters. The summed E-state index contributed by atoms with van der Waals surface area (Å²) in [6, 6.07) is 5.51. The minimum Gasteiger partial charge on any atom is -0.463 e. The maximum atomic E-state index is 12.0. The van der Waals surface area contributed by atoms with Crippen molar-refractivity contribution in [1.29, 1.82) is 0 Å². The van der Waals surface area contributed by atoms with E-state index in [2.05, 4.69) is 15.9 Å². The Labute approximate surface area is 96.3 Å². The minimum atomic E-state index is -0.796. The molecule has 0 aromatic heterocycles. The molecule has 0 saturated carbocycles. The number of benzene rings is 1. The van der Waals surface area contributed by atoms with Gasteiger partial charge in [-0.3, -0.25) is 0 Å². The average molecular weight is 282 g/mol. The molecule has 1 aromatic carbocycles. The van der Waals surface area contributed by atoms with Crippen molar-refractivity contribution in [3.8, 4) is 5.75 Å². The second kappa shape index (κ2) is 6.25. The quantitative estimate of drug-likeness (QED) is 0.743. The topological polar surface area (TPSA) is 9.23 Å². The zero-order valence-corrected chi connectivity index (χ0v) is 9.94. The van der Waals surface area contributed by atoms with Crippen molar-refractivity contribution in [2.45, 2.75) is 12.8 Å². The molecule has 0 radical (unpaired) electrons. The number of ether oxygens (including phenoxy) is 1. The monoisotopic (exact) mass is 280 g/mol. The molecular formula is C10H11BrClFO. The number of hydrogen-bond acceptors (Lipinski definition) is 1. The standard InChI is InChI=1S/C10H11BrClFO/c11-9-3-4-10(14-7-13)8(6-9)2-1-5-12/h3-4,6H,1-2,5,7H2. The number of aryl methyl sites for hydroxylation is 1. The van der Waals surface area contributed by atoms with E-state index in [0.29, 0.717) is 11.6 Å². The third kappa shape index (κ3) is 3.46. The van der Waals surface area contributed by atoms with Gasteiger partial charge in [0.25, 0.3) is 0 Å². The third-order valence-electron chi connectivity index (χ3n) is 1.81. The first-order valence-electron chi connectivity index (χ1n) is 4.31. The molecule has 0 aliphatic carbocycles. The van der Waals surface area contributed by atoms with Crippen molar-refractivity contribution in [2.24, 2.45) is 0 Å². The van der Waals surface area contributed by atoms with E-state index >= 15 is 0 Å². The van der Waals surface area contributed by atoms with Gasteiger partial charge in [0.2, 0.25) is 6.86 Å². The lowest BCUT2D eigenvalue weighted by atomic mass is 10.1. The van der Waals surface area contributed by atoms with Crippen LogP contribution in [-0.2, 0) is 6.42 Å². The molecule has 0 spiro atoms. The molecule has 1 nitrogen and oxygen atoms in total. The van der Waals surface area contributed by atoms with Gasteiger partial charge < -0.3 is 4.74 Å². The minimum absolute atomic E-state index is 0.598. The summed E-state index contributed by atoms with van der Waals surface area (Å²) in [5.74, 6) is 1.20. The Kier molecular flexibility index (Phi) is 5.26. The van der Waals surface area contributed by atoms with Crippen LogP contribution in [0.15, 0.2) is 22.7 Å². The van der Waals surface area contributed by atoms with Crippen LogP contribution in [0.5, 0.6) is 5.75 Å². The fourth-order valence-corrected chi connectivity index (χ4v) is 1.74. The summed E-state index contributed by atoms with van der Waals surface area (Å²) in [7, 11) is 0. The fourth-order valence-electron chi connectivity index (χ4n) is 1.20. The molecule has 0 amide bonds. The smallest absolute Gasteiger partial charge is 0.228 e. The van der Waals surface area contributed by atoms with E-state index in [-0.39, 0.29) is 0 Å². The molecule has 0 aliphatic rings. The molecular weight excluding hydrogens is 270 g/mol. The molecule has 0 fully saturated rings. The molecule has 0 bridgehead atoms. The maximum absolute atomic E-state index is 12.0. The van der Waals surface area contributed by atoms with Gasteiger partial charge in [0.1, 0.15) is 5.75 Å². The Morgan fingerprint density at radius 3 is 2.86 bits per heavy atom. The van der Waals surface area contributed by atoms with Gasteiger partial charge >= 0.3 is 0 Å². The molecule has 4 heteroatoms. The van der Waals surface area contributed by atoms with Crippen LogP contribution in [0.25, 0.3) is 0 Å². The van der Waals surface area contributed by atoms with Crippen molar-refractivity contribution in [3.05, 3.63) is 28.2 Å². The third-order valence-corrected chi connectivity index (χ3v) is 2.57. The zero-order chi connectivity index (χ0) is 10.4. The van der Waals surface area contributed by atoms with Crippen LogP contribution < -0.4 is 4.74 Å². The number of halogens is 3. The van der Waals surface area contributed by atoms with Gasteiger partial charge in [-0.25, -0.2) is 4.39 Å². The summed E-state index contributed by atoms with van der Waals surface area (Å²) in [4.78, 5) is 0. The Morgan fingerprint density at radius 1 is 1.43 bits per heavy atom. The summed E-state index contributed by atoms with van der Waals surface area (Å²) < 4.78 is 17.8. The van der Waals surface area contributed by atoms with E-state index in [9.17, 15) is 4.39 Å². The molecule has 14 heavy (non-hydrogen) atoms. The molecule has 0 saturated heterocycles. The summed E-state index contributed by atoms with van der Waals surface area (Å²) >= 11 is 8.95. The van der Waals surface area contributed by atoms with Gasteiger partial charge in [0, 0.05) is 10.4 Å². The van der Waals surface area contributed by atoms with Crippen molar-refractivity contribution < 1.29 is 9.13 Å². The highest BCUT2D eigenvalue weighted by atomic mass is 79.9. The fraction of sp³-hybridized carbons (Fsp3) is 0.400. The summed E-state index contributed by atoms with van der Waals surface area (Å²) in [6.45, 7) is -0.796. The summed E-state index contributed by atoms with van der Waals surface area (Å²) in [5.41, 5.74) is 0.984. The highest BCUT2D eigenvalue weighted by Crippen LogP contribution is 2.24. The second-order valence-corrected chi connectivity index (χ2v) is 4.09. The largest absolute Gasteiger partial charge is 0.463 e. The Bertz CT molecular complexity index is 293. The molecule has 1 aromatic rings. The molecule has 1 rings (SSSR count). The van der Waals surface area contributed by atoms with Crippen molar-refractivity contribution in [3.63, 3.8) is 0 Å². The summed E-state index contributed by atoms with van der Waals surface area (Å²) in [6.07, 6.45) is 1.67. The number of rotatable bonds is 5. The zero-order valence-electron chi connectivity index (χ0n) is 7.60. The highest BCUT2D eigenvalue weighted by molar-refractivity contribution is 9.10. The number of hydrogen-bond donors (Lipinski definition) is 0. The van der Waals surface area contributed by atoms with Gasteiger partial charge in [-0.1, -0.05) is 15.9 Å². The van der Waals surface area contributed by atoms with Crippen LogP contribution in [0.1, 0.15) is 12.0 Å². The maximum Gasteiger partial charge on any atom is 0.228 e. The van der Waals surface area contributed by atoms with E-state index in [0.717, 1.165) is 22.9 Å². The van der Waals surface area contributed by atoms with Crippen molar-refractivity contribution in [2.75, 3.05) is 12.7 Å². The van der Waals surface area contributed by atoms with Gasteiger partial charge in [-0.05, 0) is 36.6 Å². The normalized spacial score (nSPS) is 10.2. The van der Waals surface area contributed by atoms with Crippen LogP contribution in [0, 0.1) is 0 Å². The van der Waals surface area contributed by atoms with Gasteiger partial charge in [-0.2, -0.15) is 0 Å². The average Bonchev–Trinajstić information content (AvgIpc) is 2.18. The molecule has 0 aliphatic heterocycles.